The van der Waals surface area contributed by atoms with Gasteiger partial charge in [0.05, 0.1) is 40.1 Å². The normalized spacial score (nSPS) is 11.4. The van der Waals surface area contributed by atoms with Gasteiger partial charge in [0.1, 0.15) is 22.9 Å². The molecule has 4 aromatic rings. The van der Waals surface area contributed by atoms with Crippen molar-refractivity contribution in [2.75, 3.05) is 26.0 Å². The lowest BCUT2D eigenvalue weighted by Crippen LogP contribution is -2.38. The average Bonchev–Trinajstić information content (AvgIpc) is 3.28. The summed E-state index contributed by atoms with van der Waals surface area (Å²) in [6.45, 7) is 6.74. The summed E-state index contributed by atoms with van der Waals surface area (Å²) in [6.07, 6.45) is 4.68. The summed E-state index contributed by atoms with van der Waals surface area (Å²) >= 11 is 1.55. The Bertz CT molecular complexity index is 1320. The van der Waals surface area contributed by atoms with Crippen molar-refractivity contribution in [1.29, 1.82) is 0 Å². The Kier molecular flexibility index (Phi) is 7.66. The van der Waals surface area contributed by atoms with E-state index in [4.69, 9.17) is 19.9 Å². The molecule has 9 nitrogen and oxygen atoms in total. The molecule has 0 aliphatic heterocycles. The first-order valence-electron chi connectivity index (χ1n) is 11.4. The number of carbonyl (C=O) groups is 1. The number of carbonyl (C=O) groups excluding carboxylic acids is 1. The largest absolute Gasteiger partial charge is 0.454 e. The maximum atomic E-state index is 12.6. The third kappa shape index (κ3) is 6.46. The van der Waals surface area contributed by atoms with Gasteiger partial charge in [-0.3, -0.25) is 9.97 Å². The van der Waals surface area contributed by atoms with E-state index in [0.717, 1.165) is 26.4 Å². The second kappa shape index (κ2) is 10.9. The topological polar surface area (TPSA) is 113 Å². The highest BCUT2D eigenvalue weighted by Crippen LogP contribution is 2.38. The molecule has 0 radical (unpaired) electrons. The predicted octanol–water partition coefficient (Wildman–Crippen LogP) is 5.51. The maximum absolute atomic E-state index is 12.6. The van der Waals surface area contributed by atoms with Gasteiger partial charge in [-0.1, -0.05) is 6.07 Å². The number of nitrogen functional groups attached to an aromatic ring is 1. The number of aromatic nitrogens is 3. The van der Waals surface area contributed by atoms with Crippen molar-refractivity contribution in [3.05, 3.63) is 60.6 Å². The molecule has 0 saturated heterocycles. The number of amides is 1. The molecule has 10 heteroatoms. The van der Waals surface area contributed by atoms with Crippen LogP contribution < -0.4 is 10.5 Å². The molecule has 0 saturated carbocycles. The van der Waals surface area contributed by atoms with Gasteiger partial charge in [0.25, 0.3) is 0 Å². The van der Waals surface area contributed by atoms with Crippen LogP contribution in [0, 0.1) is 0 Å². The van der Waals surface area contributed by atoms with Crippen LogP contribution in [0.3, 0.4) is 0 Å². The monoisotopic (exact) mass is 507 g/mol. The molecule has 1 amide bonds. The van der Waals surface area contributed by atoms with Crippen LogP contribution in [0.5, 0.6) is 11.5 Å². The highest BCUT2D eigenvalue weighted by atomic mass is 32.1. The molecule has 0 fully saturated rings. The van der Waals surface area contributed by atoms with Crippen molar-refractivity contribution in [1.82, 2.24) is 19.9 Å². The van der Waals surface area contributed by atoms with Gasteiger partial charge in [-0.25, -0.2) is 9.78 Å². The van der Waals surface area contributed by atoms with E-state index < -0.39 is 5.60 Å². The Morgan fingerprint density at radius 1 is 1.08 bits per heavy atom. The number of thiophene rings is 1. The molecule has 0 bridgehead atoms. The van der Waals surface area contributed by atoms with Crippen molar-refractivity contribution >= 4 is 33.5 Å². The fraction of sp³-hybridized carbons (Fsp3) is 0.308. The summed E-state index contributed by atoms with van der Waals surface area (Å²) in [5, 5.41) is 0. The fourth-order valence-corrected chi connectivity index (χ4v) is 4.39. The van der Waals surface area contributed by atoms with Gasteiger partial charge in [-0.05, 0) is 50.6 Å². The number of fused-ring (bicyclic) bond motifs is 1. The van der Waals surface area contributed by atoms with Crippen molar-refractivity contribution in [2.45, 2.75) is 32.9 Å². The van der Waals surface area contributed by atoms with Gasteiger partial charge < -0.3 is 24.8 Å². The number of methoxy groups -OCH3 is 1. The van der Waals surface area contributed by atoms with Gasteiger partial charge in [-0.2, -0.15) is 0 Å². The van der Waals surface area contributed by atoms with Crippen molar-refractivity contribution < 1.29 is 19.0 Å². The number of hydrogen-bond donors (Lipinski definition) is 1. The Morgan fingerprint density at radius 3 is 2.58 bits per heavy atom. The average molecular weight is 508 g/mol. The van der Waals surface area contributed by atoms with Crippen LogP contribution in [0.4, 0.5) is 10.6 Å². The molecule has 188 valence electrons. The highest BCUT2D eigenvalue weighted by Gasteiger charge is 2.22. The van der Waals surface area contributed by atoms with Crippen LogP contribution in [0.25, 0.3) is 20.8 Å². The summed E-state index contributed by atoms with van der Waals surface area (Å²) in [6, 6.07) is 11.2. The van der Waals surface area contributed by atoms with Crippen molar-refractivity contribution in [3.63, 3.8) is 0 Å². The van der Waals surface area contributed by atoms with E-state index in [9.17, 15) is 4.79 Å². The minimum absolute atomic E-state index is 0.368. The summed E-state index contributed by atoms with van der Waals surface area (Å²) in [5.41, 5.74) is 7.60. The molecule has 0 aromatic carbocycles. The summed E-state index contributed by atoms with van der Waals surface area (Å²) in [4.78, 5) is 28.4. The van der Waals surface area contributed by atoms with Crippen LogP contribution >= 0.6 is 11.3 Å². The van der Waals surface area contributed by atoms with Crippen LogP contribution in [0.1, 0.15) is 26.3 Å². The van der Waals surface area contributed by atoms with Crippen LogP contribution in [-0.2, 0) is 16.0 Å². The predicted molar refractivity (Wildman–Crippen MR) is 140 cm³/mol. The molecule has 36 heavy (non-hydrogen) atoms. The van der Waals surface area contributed by atoms with Crippen molar-refractivity contribution in [2.24, 2.45) is 0 Å². The summed E-state index contributed by atoms with van der Waals surface area (Å²) < 4.78 is 17.6. The number of anilines is 1. The lowest BCUT2D eigenvalue weighted by Gasteiger charge is -2.27. The molecule has 2 N–H and O–H groups in total. The Morgan fingerprint density at radius 2 is 1.92 bits per heavy atom. The lowest BCUT2D eigenvalue weighted by atomic mass is 10.2. The van der Waals surface area contributed by atoms with Gasteiger partial charge in [0.15, 0.2) is 0 Å². The Labute approximate surface area is 213 Å². The number of hydrogen-bond acceptors (Lipinski definition) is 9. The zero-order valence-electron chi connectivity index (χ0n) is 20.7. The third-order valence-electron chi connectivity index (χ3n) is 5.03. The van der Waals surface area contributed by atoms with E-state index in [-0.39, 0.29) is 6.09 Å². The van der Waals surface area contributed by atoms with E-state index in [1.807, 2.05) is 45.0 Å². The number of rotatable bonds is 8. The molecule has 0 unspecified atom stereocenters. The second-order valence-corrected chi connectivity index (χ2v) is 10.2. The lowest BCUT2D eigenvalue weighted by molar-refractivity contribution is 0.0184. The van der Waals surface area contributed by atoms with Gasteiger partial charge in [-0.15, -0.1) is 11.3 Å². The number of ether oxygens (including phenoxy) is 3. The van der Waals surface area contributed by atoms with Crippen molar-refractivity contribution in [3.8, 4) is 22.1 Å². The zero-order chi connectivity index (χ0) is 25.7. The first-order chi connectivity index (χ1) is 17.2. The SMILES string of the molecule is COCCN(Cc1ccc(-c2cc3nccc(Oc4ccc(N)nc4)c3s2)nc1)C(=O)OC(C)(C)C. The first kappa shape index (κ1) is 25.3. The maximum Gasteiger partial charge on any atom is 0.410 e. The molecule has 0 atom stereocenters. The molecule has 0 aliphatic rings. The van der Waals surface area contributed by atoms with Crippen LogP contribution in [0.15, 0.2) is 55.0 Å². The third-order valence-corrected chi connectivity index (χ3v) is 6.19. The van der Waals surface area contributed by atoms with E-state index in [1.165, 1.54) is 0 Å². The minimum atomic E-state index is -0.577. The number of pyridine rings is 3. The van der Waals surface area contributed by atoms with E-state index in [1.54, 1.807) is 54.1 Å². The van der Waals surface area contributed by atoms with Gasteiger partial charge >= 0.3 is 6.09 Å². The van der Waals surface area contributed by atoms with Crippen LogP contribution in [0.2, 0.25) is 0 Å². The smallest absolute Gasteiger partial charge is 0.410 e. The minimum Gasteiger partial charge on any atom is -0.454 e. The fourth-order valence-electron chi connectivity index (χ4n) is 3.35. The molecule has 4 aromatic heterocycles. The molecule has 4 heterocycles. The van der Waals surface area contributed by atoms with Gasteiger partial charge in [0, 0.05) is 32.1 Å². The molecular weight excluding hydrogens is 478 g/mol. The van der Waals surface area contributed by atoms with E-state index >= 15 is 0 Å². The summed E-state index contributed by atoms with van der Waals surface area (Å²) in [7, 11) is 1.60. The number of nitrogens with zero attached hydrogens (tertiary/aromatic N) is 4. The molecular formula is C26H29N5O4S. The van der Waals surface area contributed by atoms with Crippen LogP contribution in [-0.4, -0.2) is 51.8 Å². The van der Waals surface area contributed by atoms with Gasteiger partial charge in [0.2, 0.25) is 0 Å². The van der Waals surface area contributed by atoms with E-state index in [0.29, 0.717) is 37.0 Å². The van der Waals surface area contributed by atoms with E-state index in [2.05, 4.69) is 15.0 Å². The standard InChI is InChI=1S/C26H29N5O4S/c1-26(2,3)35-25(32)31(11-12-33-4)16-17-5-7-19(29-14-17)22-13-20-24(36-22)21(9-10-28-20)34-18-6-8-23(27)30-15-18/h5-10,13-15H,11-12,16H2,1-4H3,(H2,27,30). The molecule has 4 rings (SSSR count). The number of nitrogens with two attached hydrogens (primary N) is 1. The Hall–Kier alpha value is -3.76. The molecule has 0 aliphatic carbocycles. The first-order valence-corrected chi connectivity index (χ1v) is 12.2. The molecule has 0 spiro atoms. The quantitative estimate of drug-likeness (QED) is 0.332. The highest BCUT2D eigenvalue weighted by molar-refractivity contribution is 7.22. The summed E-state index contributed by atoms with van der Waals surface area (Å²) in [5.74, 6) is 1.71. The zero-order valence-corrected chi connectivity index (χ0v) is 21.5. The second-order valence-electron chi connectivity index (χ2n) is 9.10. The Balaban J connectivity index is 1.52.